The Hall–Kier alpha value is -2.72. The van der Waals surface area contributed by atoms with Gasteiger partial charge < -0.3 is 5.73 Å². The molecule has 0 aliphatic carbocycles. The van der Waals surface area contributed by atoms with Crippen molar-refractivity contribution in [2.45, 2.75) is 32.7 Å². The average molecular weight is 332 g/mol. The van der Waals surface area contributed by atoms with Gasteiger partial charge in [-0.15, -0.1) is 0 Å². The highest BCUT2D eigenvalue weighted by molar-refractivity contribution is 5.81. The van der Waals surface area contributed by atoms with Crippen LogP contribution < -0.4 is 5.73 Å². The number of hydrogen-bond donors (Lipinski definition) is 1. The van der Waals surface area contributed by atoms with Gasteiger partial charge in [-0.3, -0.25) is 4.98 Å². The molecule has 0 aliphatic rings. The van der Waals surface area contributed by atoms with Gasteiger partial charge in [-0.1, -0.05) is 36.4 Å². The van der Waals surface area contributed by atoms with Gasteiger partial charge in [0.2, 0.25) is 0 Å². The fourth-order valence-electron chi connectivity index (χ4n) is 2.95. The van der Waals surface area contributed by atoms with Crippen molar-refractivity contribution in [3.05, 3.63) is 78.3 Å². The van der Waals surface area contributed by atoms with E-state index in [0.29, 0.717) is 0 Å². The Morgan fingerprint density at radius 1 is 1.24 bits per heavy atom. The van der Waals surface area contributed by atoms with Crippen LogP contribution in [0.25, 0.3) is 16.6 Å². The average Bonchev–Trinajstić information content (AvgIpc) is 3.04. The number of fused-ring (bicyclic) bond motifs is 1. The summed E-state index contributed by atoms with van der Waals surface area (Å²) in [5, 5.41) is 5.70. The molecule has 2 aromatic heterocycles. The van der Waals surface area contributed by atoms with E-state index in [1.54, 1.807) is 0 Å². The first-order valence-corrected chi connectivity index (χ1v) is 8.60. The van der Waals surface area contributed by atoms with Gasteiger partial charge in [0.25, 0.3) is 0 Å². The van der Waals surface area contributed by atoms with Gasteiger partial charge in [0.15, 0.2) is 0 Å². The summed E-state index contributed by atoms with van der Waals surface area (Å²) in [6, 6.07) is 12.2. The van der Waals surface area contributed by atoms with E-state index in [-0.39, 0.29) is 6.04 Å². The van der Waals surface area contributed by atoms with E-state index in [9.17, 15) is 0 Å². The highest BCUT2D eigenvalue weighted by atomic mass is 15.3. The predicted octanol–water partition coefficient (Wildman–Crippen LogP) is 4.12. The summed E-state index contributed by atoms with van der Waals surface area (Å²) in [7, 11) is 0. The Morgan fingerprint density at radius 2 is 2.08 bits per heavy atom. The Kier molecular flexibility index (Phi) is 5.41. The number of rotatable bonds is 6. The molecule has 1 unspecified atom stereocenters. The van der Waals surface area contributed by atoms with Crippen molar-refractivity contribution in [1.29, 1.82) is 0 Å². The van der Waals surface area contributed by atoms with Crippen LogP contribution in [-0.4, -0.2) is 20.8 Å². The fourth-order valence-corrected chi connectivity index (χ4v) is 2.95. The number of aromatic nitrogens is 3. The van der Waals surface area contributed by atoms with Crippen LogP contribution in [0.15, 0.2) is 67.0 Å². The summed E-state index contributed by atoms with van der Waals surface area (Å²) in [6.07, 6.45) is 11.3. The van der Waals surface area contributed by atoms with Gasteiger partial charge in [0.05, 0.1) is 11.7 Å². The molecule has 0 aliphatic heterocycles. The number of nitrogens with two attached hydrogens (primary N) is 1. The first kappa shape index (κ1) is 17.1. The topological polar surface area (TPSA) is 56.7 Å². The maximum absolute atomic E-state index is 6.45. The number of benzene rings is 1. The van der Waals surface area contributed by atoms with Crippen molar-refractivity contribution in [3.63, 3.8) is 0 Å². The number of hydrogen-bond acceptors (Lipinski definition) is 3. The van der Waals surface area contributed by atoms with Crippen molar-refractivity contribution < 1.29 is 0 Å². The van der Waals surface area contributed by atoms with Gasteiger partial charge in [-0.25, -0.2) is 4.68 Å². The highest BCUT2D eigenvalue weighted by Gasteiger charge is 2.13. The van der Waals surface area contributed by atoms with Crippen LogP contribution in [0.2, 0.25) is 0 Å². The Morgan fingerprint density at radius 3 is 2.88 bits per heavy atom. The van der Waals surface area contributed by atoms with Crippen LogP contribution in [0, 0.1) is 6.92 Å². The molecule has 128 valence electrons. The fraction of sp³-hybridized carbons (Fsp3) is 0.238. The second kappa shape index (κ2) is 7.90. The lowest BCUT2D eigenvalue weighted by Gasteiger charge is -2.16. The first-order chi connectivity index (χ1) is 12.2. The number of para-hydroxylation sites is 1. The zero-order valence-electron chi connectivity index (χ0n) is 14.8. The smallest absolute Gasteiger partial charge is 0.0737 e. The van der Waals surface area contributed by atoms with Crippen LogP contribution in [-0.2, 0) is 6.42 Å². The monoisotopic (exact) mass is 332 g/mol. The van der Waals surface area contributed by atoms with Crippen LogP contribution in [0.1, 0.15) is 24.6 Å². The van der Waals surface area contributed by atoms with E-state index in [0.717, 1.165) is 35.1 Å². The molecule has 0 bridgehead atoms. The molecular weight excluding hydrogens is 308 g/mol. The summed E-state index contributed by atoms with van der Waals surface area (Å²) in [4.78, 5) is 4.46. The third-order valence-electron chi connectivity index (χ3n) is 4.28. The molecule has 2 heterocycles. The maximum Gasteiger partial charge on any atom is 0.0737 e. The van der Waals surface area contributed by atoms with E-state index in [2.05, 4.69) is 41.3 Å². The first-order valence-electron chi connectivity index (χ1n) is 8.60. The summed E-state index contributed by atoms with van der Waals surface area (Å²) in [5.74, 6) is 0. The van der Waals surface area contributed by atoms with Crippen molar-refractivity contribution in [3.8, 4) is 0 Å². The summed E-state index contributed by atoms with van der Waals surface area (Å²) in [5.41, 5.74) is 10.9. The van der Waals surface area contributed by atoms with E-state index in [1.807, 2.05) is 54.4 Å². The molecule has 1 aromatic carbocycles. The lowest BCUT2D eigenvalue weighted by atomic mass is 10.0. The number of pyridine rings is 1. The van der Waals surface area contributed by atoms with Crippen LogP contribution in [0.5, 0.6) is 0 Å². The molecule has 0 spiro atoms. The second-order valence-corrected chi connectivity index (χ2v) is 6.23. The molecule has 0 radical (unpaired) electrons. The van der Waals surface area contributed by atoms with E-state index < -0.39 is 0 Å². The quantitative estimate of drug-likeness (QED) is 0.691. The normalized spacial score (nSPS) is 13.6. The molecule has 2 N–H and O–H groups in total. The predicted molar refractivity (Wildman–Crippen MR) is 104 cm³/mol. The molecule has 0 fully saturated rings. The minimum Gasteiger partial charge on any atom is -0.327 e. The van der Waals surface area contributed by atoms with Crippen LogP contribution in [0.3, 0.4) is 0 Å². The van der Waals surface area contributed by atoms with E-state index in [4.69, 9.17) is 5.73 Å². The molecule has 3 rings (SSSR count). The number of allylic oxidation sites excluding steroid dienone is 3. The van der Waals surface area contributed by atoms with Crippen molar-refractivity contribution in [2.75, 3.05) is 0 Å². The van der Waals surface area contributed by atoms with E-state index in [1.165, 1.54) is 5.56 Å². The SMILES string of the molecule is C/C=C\C=C(/CC(N)Cc1ncccc1C)n1ncc2ccccc21. The van der Waals surface area contributed by atoms with Gasteiger partial charge in [0.1, 0.15) is 0 Å². The van der Waals surface area contributed by atoms with Crippen molar-refractivity contribution in [1.82, 2.24) is 14.8 Å². The molecule has 4 heteroatoms. The lowest BCUT2D eigenvalue weighted by molar-refractivity contribution is 0.653. The highest BCUT2D eigenvalue weighted by Crippen LogP contribution is 2.21. The third kappa shape index (κ3) is 4.03. The number of aryl methyl sites for hydroxylation is 1. The maximum atomic E-state index is 6.45. The standard InChI is InChI=1S/C21H24N4/c1-3-4-10-19(25-21-11-6-5-9-17(21)15-24-25)13-18(22)14-20-16(2)8-7-12-23-20/h3-12,15,18H,13-14,22H2,1-2H3/b4-3-,19-10+. The summed E-state index contributed by atoms with van der Waals surface area (Å²) in [6.45, 7) is 4.08. The third-order valence-corrected chi connectivity index (χ3v) is 4.28. The molecule has 0 saturated heterocycles. The number of nitrogens with zero attached hydrogens (tertiary/aromatic N) is 3. The van der Waals surface area contributed by atoms with Gasteiger partial charge in [-0.2, -0.15) is 5.10 Å². The molecule has 3 aromatic rings. The zero-order chi connectivity index (χ0) is 17.6. The Balaban J connectivity index is 1.86. The molecule has 1 atom stereocenters. The van der Waals surface area contributed by atoms with Gasteiger partial charge >= 0.3 is 0 Å². The molecule has 0 amide bonds. The lowest BCUT2D eigenvalue weighted by Crippen LogP contribution is -2.25. The van der Waals surface area contributed by atoms with Crippen LogP contribution in [0.4, 0.5) is 0 Å². The van der Waals surface area contributed by atoms with Gasteiger partial charge in [0, 0.05) is 41.9 Å². The summed E-state index contributed by atoms with van der Waals surface area (Å²) < 4.78 is 1.99. The minimum absolute atomic E-state index is 0.0203. The zero-order valence-corrected chi connectivity index (χ0v) is 14.8. The summed E-state index contributed by atoms with van der Waals surface area (Å²) >= 11 is 0. The second-order valence-electron chi connectivity index (χ2n) is 6.23. The van der Waals surface area contributed by atoms with Crippen molar-refractivity contribution in [2.24, 2.45) is 5.73 Å². The molecule has 25 heavy (non-hydrogen) atoms. The molecule has 4 nitrogen and oxygen atoms in total. The molecule has 0 saturated carbocycles. The van der Waals surface area contributed by atoms with Crippen LogP contribution >= 0.6 is 0 Å². The largest absolute Gasteiger partial charge is 0.327 e. The minimum atomic E-state index is -0.0203. The van der Waals surface area contributed by atoms with Crippen molar-refractivity contribution >= 4 is 16.6 Å². The Bertz CT molecular complexity index is 905. The van der Waals surface area contributed by atoms with E-state index >= 15 is 0 Å². The van der Waals surface area contributed by atoms with Gasteiger partial charge in [-0.05, 0) is 37.6 Å². The Labute approximate surface area is 148 Å². The molecular formula is C21H24N4.